The molecule has 3 rings (SSSR count). The second-order valence-corrected chi connectivity index (χ2v) is 6.16. The lowest BCUT2D eigenvalue weighted by Crippen LogP contribution is -2.46. The minimum Gasteiger partial charge on any atom is -0.497 e. The van der Waals surface area contributed by atoms with Crippen molar-refractivity contribution in [2.75, 3.05) is 33.3 Å². The maximum Gasteiger partial charge on any atom is 0.131 e. The minimum atomic E-state index is -0.121. The van der Waals surface area contributed by atoms with Crippen LogP contribution in [0.1, 0.15) is 37.3 Å². The Labute approximate surface area is 138 Å². The maximum absolute atomic E-state index is 14.6. The molecule has 0 radical (unpaired) electrons. The van der Waals surface area contributed by atoms with Crippen molar-refractivity contribution < 1.29 is 9.13 Å². The lowest BCUT2D eigenvalue weighted by Gasteiger charge is -2.38. The number of hydrogen-bond donors (Lipinski definition) is 1. The Hall–Kier alpha value is -0.840. The van der Waals surface area contributed by atoms with E-state index in [1.165, 1.54) is 31.7 Å². The number of nitrogens with zero attached hydrogens (tertiary/aromatic N) is 1. The molecule has 1 aromatic rings. The second kappa shape index (κ2) is 8.14. The maximum atomic E-state index is 14.6. The molecule has 2 fully saturated rings. The first-order chi connectivity index (χ1) is 10.3. The quantitative estimate of drug-likeness (QED) is 0.917. The van der Waals surface area contributed by atoms with Gasteiger partial charge in [-0.05, 0) is 24.8 Å². The van der Waals surface area contributed by atoms with Crippen LogP contribution >= 0.6 is 12.4 Å². The monoisotopic (exact) mass is 328 g/mol. The van der Waals surface area contributed by atoms with Crippen LogP contribution in [-0.4, -0.2) is 38.2 Å². The Morgan fingerprint density at radius 1 is 1.23 bits per heavy atom. The molecular weight excluding hydrogens is 303 g/mol. The molecule has 2 aliphatic rings. The molecule has 1 heterocycles. The molecule has 1 N–H and O–H groups in total. The van der Waals surface area contributed by atoms with Gasteiger partial charge in [0.15, 0.2) is 0 Å². The number of halogens is 2. The molecule has 0 aromatic heterocycles. The zero-order chi connectivity index (χ0) is 14.7. The van der Waals surface area contributed by atoms with Crippen molar-refractivity contribution in [2.24, 2.45) is 5.92 Å². The summed E-state index contributed by atoms with van der Waals surface area (Å²) in [6, 6.07) is 5.57. The molecule has 0 bridgehead atoms. The van der Waals surface area contributed by atoms with Gasteiger partial charge < -0.3 is 10.1 Å². The van der Waals surface area contributed by atoms with Gasteiger partial charge in [0.1, 0.15) is 11.6 Å². The van der Waals surface area contributed by atoms with Crippen LogP contribution in [0.15, 0.2) is 18.2 Å². The Kier molecular flexibility index (Phi) is 6.48. The van der Waals surface area contributed by atoms with Gasteiger partial charge in [-0.15, -0.1) is 12.4 Å². The first-order valence-electron chi connectivity index (χ1n) is 8.08. The fourth-order valence-electron chi connectivity index (χ4n) is 3.86. The Bertz CT molecular complexity index is 474. The van der Waals surface area contributed by atoms with E-state index >= 15 is 0 Å². The van der Waals surface area contributed by atoms with Crippen molar-refractivity contribution in [3.63, 3.8) is 0 Å². The molecule has 1 aromatic carbocycles. The molecule has 1 saturated carbocycles. The van der Waals surface area contributed by atoms with Crippen molar-refractivity contribution in [1.29, 1.82) is 0 Å². The van der Waals surface area contributed by atoms with Crippen LogP contribution in [-0.2, 0) is 0 Å². The fraction of sp³-hybridized carbons (Fsp3) is 0.647. The third kappa shape index (κ3) is 3.73. The van der Waals surface area contributed by atoms with Crippen molar-refractivity contribution in [3.8, 4) is 5.75 Å². The molecule has 0 spiro atoms. The van der Waals surface area contributed by atoms with Gasteiger partial charge in [0.2, 0.25) is 0 Å². The number of nitrogens with one attached hydrogen (secondary N) is 1. The SMILES string of the molecule is COc1ccc([C@H](C2CCCC2)N2CCNCC2)c(F)c1.Cl. The Morgan fingerprint density at radius 3 is 2.50 bits per heavy atom. The minimum absolute atomic E-state index is 0. The highest BCUT2D eigenvalue weighted by Gasteiger charge is 2.33. The van der Waals surface area contributed by atoms with Gasteiger partial charge in [-0.3, -0.25) is 4.90 Å². The van der Waals surface area contributed by atoms with E-state index in [1.54, 1.807) is 7.11 Å². The number of benzene rings is 1. The first-order valence-corrected chi connectivity index (χ1v) is 8.08. The third-order valence-corrected chi connectivity index (χ3v) is 4.92. The molecule has 3 nitrogen and oxygen atoms in total. The summed E-state index contributed by atoms with van der Waals surface area (Å²) in [5, 5.41) is 3.39. The van der Waals surface area contributed by atoms with Crippen molar-refractivity contribution in [1.82, 2.24) is 10.2 Å². The predicted molar refractivity (Wildman–Crippen MR) is 89.3 cm³/mol. The highest BCUT2D eigenvalue weighted by Crippen LogP contribution is 2.41. The predicted octanol–water partition coefficient (Wildman–Crippen LogP) is 3.39. The summed E-state index contributed by atoms with van der Waals surface area (Å²) in [5.74, 6) is 1.07. The number of methoxy groups -OCH3 is 1. The topological polar surface area (TPSA) is 24.5 Å². The van der Waals surface area contributed by atoms with Crippen LogP contribution in [0, 0.1) is 11.7 Å². The highest BCUT2D eigenvalue weighted by atomic mass is 35.5. The number of ether oxygens (including phenoxy) is 1. The molecule has 5 heteroatoms. The fourth-order valence-corrected chi connectivity index (χ4v) is 3.86. The van der Waals surface area contributed by atoms with Crippen LogP contribution in [0.2, 0.25) is 0 Å². The van der Waals surface area contributed by atoms with E-state index in [-0.39, 0.29) is 24.3 Å². The van der Waals surface area contributed by atoms with Gasteiger partial charge in [0.05, 0.1) is 7.11 Å². The largest absolute Gasteiger partial charge is 0.497 e. The summed E-state index contributed by atoms with van der Waals surface area (Å²) in [6.45, 7) is 4.02. The van der Waals surface area contributed by atoms with Gasteiger partial charge in [0.25, 0.3) is 0 Å². The zero-order valence-corrected chi connectivity index (χ0v) is 14.0. The molecular formula is C17H26ClFN2O. The van der Waals surface area contributed by atoms with E-state index in [4.69, 9.17) is 4.74 Å². The van der Waals surface area contributed by atoms with E-state index in [1.807, 2.05) is 12.1 Å². The van der Waals surface area contributed by atoms with Gasteiger partial charge in [-0.25, -0.2) is 4.39 Å². The number of piperazine rings is 1. The van der Waals surface area contributed by atoms with Crippen LogP contribution in [0.3, 0.4) is 0 Å². The van der Waals surface area contributed by atoms with Crippen LogP contribution in [0.25, 0.3) is 0 Å². The Morgan fingerprint density at radius 2 is 1.91 bits per heavy atom. The number of hydrogen-bond acceptors (Lipinski definition) is 3. The average molecular weight is 329 g/mol. The molecule has 124 valence electrons. The van der Waals surface area contributed by atoms with E-state index in [2.05, 4.69) is 10.2 Å². The second-order valence-electron chi connectivity index (χ2n) is 6.16. The van der Waals surface area contributed by atoms with Crippen LogP contribution in [0.4, 0.5) is 4.39 Å². The molecule has 22 heavy (non-hydrogen) atoms. The first kappa shape index (κ1) is 17.5. The summed E-state index contributed by atoms with van der Waals surface area (Å²) in [5.41, 5.74) is 0.851. The van der Waals surface area contributed by atoms with Gasteiger partial charge >= 0.3 is 0 Å². The summed E-state index contributed by atoms with van der Waals surface area (Å²) < 4.78 is 19.7. The molecule has 1 aliphatic heterocycles. The van der Waals surface area contributed by atoms with E-state index < -0.39 is 0 Å². The van der Waals surface area contributed by atoms with Crippen LogP contribution in [0.5, 0.6) is 5.75 Å². The standard InChI is InChI=1S/C17H25FN2O.ClH/c1-21-14-6-7-15(16(18)12-14)17(13-4-2-3-5-13)20-10-8-19-9-11-20;/h6-7,12-13,17,19H,2-5,8-11H2,1H3;1H/t17-;/m0./s1. The van der Waals surface area contributed by atoms with E-state index in [0.29, 0.717) is 11.7 Å². The zero-order valence-electron chi connectivity index (χ0n) is 13.2. The lowest BCUT2D eigenvalue weighted by atomic mass is 9.89. The third-order valence-electron chi connectivity index (χ3n) is 4.92. The highest BCUT2D eigenvalue weighted by molar-refractivity contribution is 5.85. The summed E-state index contributed by atoms with van der Waals surface area (Å²) >= 11 is 0. The van der Waals surface area contributed by atoms with E-state index in [0.717, 1.165) is 31.7 Å². The molecule has 1 atom stereocenters. The Balaban J connectivity index is 0.00000176. The van der Waals surface area contributed by atoms with Gasteiger partial charge in [-0.1, -0.05) is 18.9 Å². The van der Waals surface area contributed by atoms with Gasteiger partial charge in [-0.2, -0.15) is 0 Å². The van der Waals surface area contributed by atoms with Crippen LogP contribution < -0.4 is 10.1 Å². The molecule has 0 unspecified atom stereocenters. The smallest absolute Gasteiger partial charge is 0.131 e. The normalized spacial score (nSPS) is 21.4. The summed E-state index contributed by atoms with van der Waals surface area (Å²) in [6.07, 6.45) is 5.01. The number of rotatable bonds is 4. The molecule has 1 aliphatic carbocycles. The van der Waals surface area contributed by atoms with Crippen molar-refractivity contribution >= 4 is 12.4 Å². The molecule has 1 saturated heterocycles. The van der Waals surface area contributed by atoms with Crippen molar-refractivity contribution in [2.45, 2.75) is 31.7 Å². The van der Waals surface area contributed by atoms with E-state index in [9.17, 15) is 4.39 Å². The average Bonchev–Trinajstić information content (AvgIpc) is 3.04. The van der Waals surface area contributed by atoms with Crippen molar-refractivity contribution in [3.05, 3.63) is 29.6 Å². The molecule has 0 amide bonds. The summed E-state index contributed by atoms with van der Waals surface area (Å²) in [4.78, 5) is 2.47. The van der Waals surface area contributed by atoms with Gasteiger partial charge in [0, 0.05) is 43.9 Å². The summed E-state index contributed by atoms with van der Waals surface area (Å²) in [7, 11) is 1.58. The lowest BCUT2D eigenvalue weighted by molar-refractivity contribution is 0.122.